The monoisotopic (exact) mass is 468 g/mol. The van der Waals surface area contributed by atoms with E-state index in [-0.39, 0.29) is 18.8 Å². The minimum atomic E-state index is -4.51. The first-order chi connectivity index (χ1) is 14.7. The van der Waals surface area contributed by atoms with Crippen LogP contribution in [0.15, 0.2) is 48.5 Å². The molecule has 5 nitrogen and oxygen atoms in total. The second-order valence-corrected chi connectivity index (χ2v) is 8.01. The number of hydrogen-bond acceptors (Lipinski definition) is 3. The van der Waals surface area contributed by atoms with Crippen LogP contribution in [0.2, 0.25) is 10.0 Å². The second-order valence-electron chi connectivity index (χ2n) is 7.16. The van der Waals surface area contributed by atoms with Crippen molar-refractivity contribution < 1.29 is 18.0 Å². The number of alkyl halides is 3. The van der Waals surface area contributed by atoms with Crippen LogP contribution in [-0.2, 0) is 0 Å². The van der Waals surface area contributed by atoms with Gasteiger partial charge in [0.25, 0.3) is 5.91 Å². The zero-order valence-corrected chi connectivity index (χ0v) is 17.8. The van der Waals surface area contributed by atoms with E-state index in [4.69, 9.17) is 23.2 Å². The van der Waals surface area contributed by atoms with E-state index in [0.29, 0.717) is 32.9 Å². The van der Waals surface area contributed by atoms with Crippen LogP contribution in [0.3, 0.4) is 0 Å². The highest BCUT2D eigenvalue weighted by Crippen LogP contribution is 2.37. The van der Waals surface area contributed by atoms with Crippen molar-refractivity contribution in [2.45, 2.75) is 6.18 Å². The Kier molecular flexibility index (Phi) is 5.61. The average Bonchev–Trinajstić information content (AvgIpc) is 3.06. The SMILES string of the molecule is CN1CCN(CC(F)(F)F)C(=O)c2nc(-c3ccccc3Cl)n(-c3ccc(Cl)cc3)c21. The number of nitrogens with zero attached hydrogens (tertiary/aromatic N) is 4. The molecule has 0 atom stereocenters. The number of aromatic nitrogens is 2. The Balaban J connectivity index is 1.96. The third-order valence-corrected chi connectivity index (χ3v) is 5.56. The lowest BCUT2D eigenvalue weighted by Crippen LogP contribution is -2.40. The second kappa shape index (κ2) is 8.09. The normalized spacial score (nSPS) is 14.6. The molecule has 0 fully saturated rings. The van der Waals surface area contributed by atoms with E-state index < -0.39 is 18.6 Å². The van der Waals surface area contributed by atoms with Crippen LogP contribution in [-0.4, -0.2) is 53.2 Å². The van der Waals surface area contributed by atoms with E-state index in [1.807, 2.05) is 0 Å². The van der Waals surface area contributed by atoms with Crippen LogP contribution < -0.4 is 4.90 Å². The minimum absolute atomic E-state index is 0.0610. The molecule has 1 aliphatic heterocycles. The number of hydrogen-bond donors (Lipinski definition) is 0. The summed E-state index contributed by atoms with van der Waals surface area (Å²) in [6.07, 6.45) is -4.51. The lowest BCUT2D eigenvalue weighted by atomic mass is 10.2. The van der Waals surface area contributed by atoms with E-state index in [0.717, 1.165) is 4.90 Å². The van der Waals surface area contributed by atoms with Crippen molar-refractivity contribution in [3.63, 3.8) is 0 Å². The van der Waals surface area contributed by atoms with Gasteiger partial charge in [-0.3, -0.25) is 9.36 Å². The number of halogens is 5. The molecule has 0 radical (unpaired) electrons. The molecule has 2 aromatic carbocycles. The molecule has 3 aromatic rings. The summed E-state index contributed by atoms with van der Waals surface area (Å²) in [6, 6.07) is 13.8. The minimum Gasteiger partial charge on any atom is -0.357 e. The number of anilines is 1. The Hall–Kier alpha value is -2.71. The van der Waals surface area contributed by atoms with Crippen molar-refractivity contribution >= 4 is 34.9 Å². The van der Waals surface area contributed by atoms with Gasteiger partial charge in [-0.2, -0.15) is 13.2 Å². The predicted octanol–water partition coefficient (Wildman–Crippen LogP) is 5.30. The fourth-order valence-electron chi connectivity index (χ4n) is 3.56. The van der Waals surface area contributed by atoms with Gasteiger partial charge in [0.2, 0.25) is 0 Å². The number of carbonyl (C=O) groups is 1. The Bertz CT molecular complexity index is 1130. The molecule has 2 heterocycles. The van der Waals surface area contributed by atoms with Crippen LogP contribution in [0.4, 0.5) is 19.0 Å². The fraction of sp³-hybridized carbons (Fsp3) is 0.238. The summed E-state index contributed by atoms with van der Waals surface area (Å²) in [5.74, 6) is -0.0309. The summed E-state index contributed by atoms with van der Waals surface area (Å²) < 4.78 is 40.9. The molecule has 0 spiro atoms. The molecule has 31 heavy (non-hydrogen) atoms. The van der Waals surface area contributed by atoms with E-state index in [9.17, 15) is 18.0 Å². The summed E-state index contributed by atoms with van der Waals surface area (Å²) in [7, 11) is 1.72. The zero-order valence-electron chi connectivity index (χ0n) is 16.3. The Morgan fingerprint density at radius 2 is 1.71 bits per heavy atom. The standard InChI is InChI=1S/C21H17Cl2F3N4O/c1-28-10-11-29(12-21(24,25)26)20(31)17-19(28)30(14-8-6-13(22)7-9-14)18(27-17)15-4-2-3-5-16(15)23/h2-9H,10-12H2,1H3. The molecule has 4 rings (SSSR count). The molecule has 0 saturated carbocycles. The topological polar surface area (TPSA) is 41.4 Å². The Labute approximate surface area is 186 Å². The molecule has 1 amide bonds. The highest BCUT2D eigenvalue weighted by atomic mass is 35.5. The number of rotatable bonds is 3. The number of likely N-dealkylation sites (N-methyl/N-ethyl adjacent to an activating group) is 1. The summed E-state index contributed by atoms with van der Waals surface area (Å²) in [4.78, 5) is 20.1. The van der Waals surface area contributed by atoms with E-state index in [2.05, 4.69) is 4.98 Å². The molecule has 0 aliphatic carbocycles. The van der Waals surface area contributed by atoms with Crippen molar-refractivity contribution in [3.05, 3.63) is 64.3 Å². The molecule has 1 aliphatic rings. The van der Waals surface area contributed by atoms with Gasteiger partial charge in [0.15, 0.2) is 5.69 Å². The first-order valence-corrected chi connectivity index (χ1v) is 10.1. The zero-order chi connectivity index (χ0) is 22.3. The quantitative estimate of drug-likeness (QED) is 0.523. The van der Waals surface area contributed by atoms with Crippen LogP contribution in [0, 0.1) is 0 Å². The van der Waals surface area contributed by atoms with Crippen molar-refractivity contribution in [2.75, 3.05) is 31.6 Å². The molecule has 10 heteroatoms. The molecule has 1 aromatic heterocycles. The molecule has 0 saturated heterocycles. The van der Waals surface area contributed by atoms with Crippen molar-refractivity contribution in [1.82, 2.24) is 14.5 Å². The maximum absolute atomic E-state index is 13.1. The van der Waals surface area contributed by atoms with Gasteiger partial charge >= 0.3 is 6.18 Å². The van der Waals surface area contributed by atoms with Gasteiger partial charge in [0.05, 0.1) is 5.02 Å². The number of carbonyl (C=O) groups excluding carboxylic acids is 1. The number of benzene rings is 2. The summed E-state index contributed by atoms with van der Waals surface area (Å²) in [5, 5.41) is 0.926. The third-order valence-electron chi connectivity index (χ3n) is 4.98. The highest BCUT2D eigenvalue weighted by Gasteiger charge is 2.38. The van der Waals surface area contributed by atoms with Crippen LogP contribution in [0.5, 0.6) is 0 Å². The molecular weight excluding hydrogens is 452 g/mol. The van der Waals surface area contributed by atoms with Gasteiger partial charge in [0, 0.05) is 36.4 Å². The molecule has 0 N–H and O–H groups in total. The van der Waals surface area contributed by atoms with Crippen molar-refractivity contribution in [2.24, 2.45) is 0 Å². The Morgan fingerprint density at radius 1 is 1.03 bits per heavy atom. The van der Waals surface area contributed by atoms with Crippen LogP contribution in [0.25, 0.3) is 17.1 Å². The summed E-state index contributed by atoms with van der Waals surface area (Å²) >= 11 is 12.4. The predicted molar refractivity (Wildman–Crippen MR) is 114 cm³/mol. The van der Waals surface area contributed by atoms with Gasteiger partial charge < -0.3 is 9.80 Å². The van der Waals surface area contributed by atoms with Crippen molar-refractivity contribution in [1.29, 1.82) is 0 Å². The first kappa shape index (κ1) is 21.5. The molecule has 0 bridgehead atoms. The smallest absolute Gasteiger partial charge is 0.357 e. The maximum atomic E-state index is 13.1. The Morgan fingerprint density at radius 3 is 2.35 bits per heavy atom. The summed E-state index contributed by atoms with van der Waals surface area (Å²) in [6.45, 7) is -1.21. The van der Waals surface area contributed by atoms with E-state index in [1.54, 1.807) is 65.0 Å². The highest BCUT2D eigenvalue weighted by molar-refractivity contribution is 6.33. The third kappa shape index (κ3) is 4.22. The first-order valence-electron chi connectivity index (χ1n) is 9.36. The van der Waals surface area contributed by atoms with E-state index in [1.165, 1.54) is 0 Å². The van der Waals surface area contributed by atoms with Crippen LogP contribution >= 0.6 is 23.2 Å². The summed E-state index contributed by atoms with van der Waals surface area (Å²) in [5.41, 5.74) is 1.14. The number of imidazole rings is 1. The number of fused-ring (bicyclic) bond motifs is 1. The average molecular weight is 469 g/mol. The molecule has 0 unspecified atom stereocenters. The van der Waals surface area contributed by atoms with Crippen LogP contribution in [0.1, 0.15) is 10.5 Å². The van der Waals surface area contributed by atoms with Gasteiger partial charge in [-0.15, -0.1) is 0 Å². The largest absolute Gasteiger partial charge is 0.406 e. The number of amides is 1. The van der Waals surface area contributed by atoms with Gasteiger partial charge in [-0.25, -0.2) is 4.98 Å². The van der Waals surface area contributed by atoms with Gasteiger partial charge in [-0.05, 0) is 36.4 Å². The fourth-order valence-corrected chi connectivity index (χ4v) is 3.91. The lowest BCUT2D eigenvalue weighted by Gasteiger charge is -2.23. The van der Waals surface area contributed by atoms with E-state index >= 15 is 0 Å². The van der Waals surface area contributed by atoms with Gasteiger partial charge in [0.1, 0.15) is 18.2 Å². The maximum Gasteiger partial charge on any atom is 0.406 e. The molecule has 162 valence electrons. The molecular formula is C21H17Cl2F3N4O. The lowest BCUT2D eigenvalue weighted by molar-refractivity contribution is -0.140. The van der Waals surface area contributed by atoms with Gasteiger partial charge in [-0.1, -0.05) is 35.3 Å². The van der Waals surface area contributed by atoms with Crippen molar-refractivity contribution in [3.8, 4) is 17.1 Å².